The number of nitrogens with one attached hydrogen (secondary N) is 1. The Morgan fingerprint density at radius 3 is 2.64 bits per heavy atom. The number of carbonyl (C=O) groups excluding carboxylic acids is 1. The highest BCUT2D eigenvalue weighted by Crippen LogP contribution is 2.11. The van der Waals surface area contributed by atoms with Gasteiger partial charge < -0.3 is 10.4 Å². The van der Waals surface area contributed by atoms with Crippen LogP contribution in [0.2, 0.25) is 0 Å². The second-order valence-electron chi connectivity index (χ2n) is 5.95. The molecule has 0 bridgehead atoms. The molecule has 0 fully saturated rings. The fraction of sp³-hybridized carbons (Fsp3) is 0.500. The summed E-state index contributed by atoms with van der Waals surface area (Å²) in [5, 5.41) is 12.4. The SMILES string of the molecule is CCc1ccc(C(=O)NCC2=CCN(C[C@@H](C)O)CC2)cc1. The Bertz CT molecular complexity index is 520. The van der Waals surface area contributed by atoms with Gasteiger partial charge in [0, 0.05) is 31.7 Å². The van der Waals surface area contributed by atoms with Gasteiger partial charge >= 0.3 is 0 Å². The van der Waals surface area contributed by atoms with E-state index in [1.165, 1.54) is 11.1 Å². The standard InChI is InChI=1S/C18H26N2O2/c1-3-15-4-6-17(7-5-15)18(22)19-12-16-8-10-20(11-9-16)13-14(2)21/h4-8,14,21H,3,9-13H2,1-2H3,(H,19,22)/t14-/m1/s1. The normalized spacial score (nSPS) is 17.0. The van der Waals surface area contributed by atoms with Crippen LogP contribution in [0.25, 0.3) is 0 Å². The second kappa shape index (κ2) is 8.11. The maximum Gasteiger partial charge on any atom is 0.251 e. The van der Waals surface area contributed by atoms with E-state index in [2.05, 4.69) is 23.2 Å². The van der Waals surface area contributed by atoms with Crippen molar-refractivity contribution in [1.29, 1.82) is 0 Å². The molecule has 0 unspecified atom stereocenters. The van der Waals surface area contributed by atoms with Gasteiger partial charge in [0.15, 0.2) is 0 Å². The molecule has 4 nitrogen and oxygen atoms in total. The van der Waals surface area contributed by atoms with Crippen molar-refractivity contribution in [1.82, 2.24) is 10.2 Å². The van der Waals surface area contributed by atoms with Gasteiger partial charge in [0.2, 0.25) is 0 Å². The Kier molecular flexibility index (Phi) is 6.16. The van der Waals surface area contributed by atoms with Gasteiger partial charge in [-0.3, -0.25) is 9.69 Å². The fourth-order valence-corrected chi connectivity index (χ4v) is 2.64. The number of benzene rings is 1. The molecule has 2 rings (SSSR count). The first-order valence-corrected chi connectivity index (χ1v) is 8.04. The first-order chi connectivity index (χ1) is 10.6. The van der Waals surface area contributed by atoms with E-state index in [0.29, 0.717) is 18.7 Å². The van der Waals surface area contributed by atoms with Gasteiger partial charge in [-0.15, -0.1) is 0 Å². The predicted octanol–water partition coefficient (Wildman–Crippen LogP) is 1.99. The van der Waals surface area contributed by atoms with Crippen LogP contribution in [0.1, 0.15) is 36.2 Å². The van der Waals surface area contributed by atoms with Crippen molar-refractivity contribution in [2.75, 3.05) is 26.2 Å². The lowest BCUT2D eigenvalue weighted by molar-refractivity contribution is 0.0956. The Balaban J connectivity index is 1.80. The number of aliphatic hydroxyl groups excluding tert-OH is 1. The van der Waals surface area contributed by atoms with Crippen LogP contribution >= 0.6 is 0 Å². The summed E-state index contributed by atoms with van der Waals surface area (Å²) in [5.41, 5.74) is 3.22. The molecule has 0 radical (unpaired) electrons. The third-order valence-electron chi connectivity index (χ3n) is 4.01. The molecule has 0 spiro atoms. The van der Waals surface area contributed by atoms with Gasteiger partial charge in [-0.1, -0.05) is 30.7 Å². The van der Waals surface area contributed by atoms with E-state index >= 15 is 0 Å². The summed E-state index contributed by atoms with van der Waals surface area (Å²) in [4.78, 5) is 14.3. The molecular formula is C18H26N2O2. The van der Waals surface area contributed by atoms with Crippen LogP contribution in [0.4, 0.5) is 0 Å². The Morgan fingerprint density at radius 1 is 1.36 bits per heavy atom. The van der Waals surface area contributed by atoms with E-state index in [0.717, 1.165) is 25.9 Å². The van der Waals surface area contributed by atoms with Crippen molar-refractivity contribution < 1.29 is 9.90 Å². The van der Waals surface area contributed by atoms with Crippen LogP contribution in [0.5, 0.6) is 0 Å². The van der Waals surface area contributed by atoms with E-state index in [9.17, 15) is 9.90 Å². The average molecular weight is 302 g/mol. The van der Waals surface area contributed by atoms with Gasteiger partial charge in [0.1, 0.15) is 0 Å². The summed E-state index contributed by atoms with van der Waals surface area (Å²) in [6.45, 7) is 7.02. The minimum atomic E-state index is -0.291. The zero-order valence-electron chi connectivity index (χ0n) is 13.5. The number of carbonyl (C=O) groups is 1. The summed E-state index contributed by atoms with van der Waals surface area (Å²) < 4.78 is 0. The molecule has 1 heterocycles. The molecule has 22 heavy (non-hydrogen) atoms. The number of hydrogen-bond acceptors (Lipinski definition) is 3. The Hall–Kier alpha value is -1.65. The highest BCUT2D eigenvalue weighted by Gasteiger charge is 2.14. The van der Waals surface area contributed by atoms with Crippen molar-refractivity contribution >= 4 is 5.91 Å². The molecule has 0 aromatic heterocycles. The second-order valence-corrected chi connectivity index (χ2v) is 5.95. The van der Waals surface area contributed by atoms with E-state index < -0.39 is 0 Å². The van der Waals surface area contributed by atoms with Gasteiger partial charge in [0.25, 0.3) is 5.91 Å². The van der Waals surface area contributed by atoms with Crippen molar-refractivity contribution in [2.45, 2.75) is 32.8 Å². The molecule has 1 aliphatic rings. The molecule has 1 aromatic rings. The number of hydrogen-bond donors (Lipinski definition) is 2. The topological polar surface area (TPSA) is 52.6 Å². The van der Waals surface area contributed by atoms with Gasteiger partial charge in [-0.2, -0.15) is 0 Å². The number of rotatable bonds is 6. The molecule has 1 aliphatic heterocycles. The molecule has 0 aliphatic carbocycles. The maximum absolute atomic E-state index is 12.1. The summed E-state index contributed by atoms with van der Waals surface area (Å²) in [6.07, 6.45) is 3.80. The van der Waals surface area contributed by atoms with Crippen LogP contribution in [0.15, 0.2) is 35.9 Å². The molecule has 4 heteroatoms. The lowest BCUT2D eigenvalue weighted by Crippen LogP contribution is -2.36. The third-order valence-corrected chi connectivity index (χ3v) is 4.01. The predicted molar refractivity (Wildman–Crippen MR) is 89.0 cm³/mol. The summed E-state index contributed by atoms with van der Waals surface area (Å²) in [5.74, 6) is -0.0186. The molecule has 2 N–H and O–H groups in total. The highest BCUT2D eigenvalue weighted by atomic mass is 16.3. The van der Waals surface area contributed by atoms with Crippen molar-refractivity contribution in [3.8, 4) is 0 Å². The van der Waals surface area contributed by atoms with Crippen molar-refractivity contribution in [3.05, 3.63) is 47.0 Å². The number of aryl methyl sites for hydroxylation is 1. The number of nitrogens with zero attached hydrogens (tertiary/aromatic N) is 1. The zero-order chi connectivity index (χ0) is 15.9. The summed E-state index contributed by atoms with van der Waals surface area (Å²) in [6, 6.07) is 7.77. The molecule has 1 atom stereocenters. The number of aliphatic hydroxyl groups is 1. The lowest BCUT2D eigenvalue weighted by atomic mass is 10.1. The maximum atomic E-state index is 12.1. The van der Waals surface area contributed by atoms with Crippen LogP contribution in [-0.4, -0.2) is 48.2 Å². The first-order valence-electron chi connectivity index (χ1n) is 8.04. The van der Waals surface area contributed by atoms with Crippen LogP contribution in [0.3, 0.4) is 0 Å². The lowest BCUT2D eigenvalue weighted by Gasteiger charge is -2.27. The number of β-amino-alcohol motifs (C(OH)–C–C–N with tert-alkyl or cyclic N) is 1. The highest BCUT2D eigenvalue weighted by molar-refractivity contribution is 5.94. The van der Waals surface area contributed by atoms with Gasteiger partial charge in [-0.05, 0) is 37.5 Å². The molecule has 0 saturated carbocycles. The monoisotopic (exact) mass is 302 g/mol. The largest absolute Gasteiger partial charge is 0.392 e. The molecule has 1 amide bonds. The van der Waals surface area contributed by atoms with Crippen molar-refractivity contribution in [2.24, 2.45) is 0 Å². The smallest absolute Gasteiger partial charge is 0.251 e. The van der Waals surface area contributed by atoms with Crippen molar-refractivity contribution in [3.63, 3.8) is 0 Å². The quantitative estimate of drug-likeness (QED) is 0.790. The van der Waals surface area contributed by atoms with E-state index in [1.807, 2.05) is 31.2 Å². The van der Waals surface area contributed by atoms with Gasteiger partial charge in [0.05, 0.1) is 6.10 Å². The van der Waals surface area contributed by atoms with Crippen LogP contribution < -0.4 is 5.32 Å². The molecule has 1 aromatic carbocycles. The van der Waals surface area contributed by atoms with Crippen LogP contribution in [-0.2, 0) is 6.42 Å². The fourth-order valence-electron chi connectivity index (χ4n) is 2.64. The summed E-state index contributed by atoms with van der Waals surface area (Å²) in [7, 11) is 0. The number of amides is 1. The van der Waals surface area contributed by atoms with E-state index in [1.54, 1.807) is 0 Å². The van der Waals surface area contributed by atoms with E-state index in [-0.39, 0.29) is 12.0 Å². The third kappa shape index (κ3) is 4.97. The minimum absolute atomic E-state index is 0.0186. The Labute approximate surface area is 132 Å². The average Bonchev–Trinajstić information content (AvgIpc) is 2.53. The van der Waals surface area contributed by atoms with Crippen LogP contribution in [0, 0.1) is 0 Å². The summed E-state index contributed by atoms with van der Waals surface area (Å²) >= 11 is 0. The minimum Gasteiger partial charge on any atom is -0.392 e. The molecule has 120 valence electrons. The van der Waals surface area contributed by atoms with Gasteiger partial charge in [-0.25, -0.2) is 0 Å². The van der Waals surface area contributed by atoms with E-state index in [4.69, 9.17) is 0 Å². The Morgan fingerprint density at radius 2 is 2.09 bits per heavy atom. The molecular weight excluding hydrogens is 276 g/mol. The zero-order valence-corrected chi connectivity index (χ0v) is 13.5. The molecule has 0 saturated heterocycles. The first kappa shape index (κ1) is 16.7.